The quantitative estimate of drug-likeness (QED) is 0.511. The lowest BCUT2D eigenvalue weighted by molar-refractivity contribution is -0.137. The number of halogens is 3. The smallest absolute Gasteiger partial charge is 0.325 e. The summed E-state index contributed by atoms with van der Waals surface area (Å²) in [6.07, 6.45) is -3.72. The first kappa shape index (κ1) is 20.0. The van der Waals surface area contributed by atoms with Crippen molar-refractivity contribution in [1.29, 1.82) is 0 Å². The number of carbonyl (C=O) groups excluding carboxylic acids is 1. The van der Waals surface area contributed by atoms with E-state index in [1.54, 1.807) is 6.07 Å². The Hall–Kier alpha value is -2.73. The molecular weight excluding hydrogens is 383 g/mol. The molecule has 0 spiro atoms. The fraction of sp³-hybridized carbons (Fsp3) is 0.136. The van der Waals surface area contributed by atoms with Gasteiger partial charge in [-0.3, -0.25) is 4.79 Å². The summed E-state index contributed by atoms with van der Waals surface area (Å²) < 4.78 is 38.4. The number of hydrogen-bond acceptors (Lipinski definition) is 2. The van der Waals surface area contributed by atoms with E-state index in [0.717, 1.165) is 35.0 Å². The van der Waals surface area contributed by atoms with E-state index in [4.69, 9.17) is 0 Å². The maximum absolute atomic E-state index is 12.8. The van der Waals surface area contributed by atoms with Crippen molar-refractivity contribution < 1.29 is 18.0 Å². The van der Waals surface area contributed by atoms with Crippen LogP contribution in [0, 0.1) is 0 Å². The molecule has 6 heteroatoms. The zero-order chi connectivity index (χ0) is 20.0. The Bertz CT molecular complexity index is 942. The van der Waals surface area contributed by atoms with Gasteiger partial charge in [-0.25, -0.2) is 0 Å². The fourth-order valence-corrected chi connectivity index (χ4v) is 3.46. The summed E-state index contributed by atoms with van der Waals surface area (Å²) in [6, 6.07) is 22.4. The number of anilines is 1. The molecule has 3 aromatic rings. The van der Waals surface area contributed by atoms with Crippen LogP contribution in [0.5, 0.6) is 0 Å². The molecule has 1 amide bonds. The molecule has 0 saturated heterocycles. The summed E-state index contributed by atoms with van der Waals surface area (Å²) in [7, 11) is 0. The highest BCUT2D eigenvalue weighted by Crippen LogP contribution is 2.32. The number of thioether (sulfide) groups is 1. The molecule has 3 rings (SSSR count). The Morgan fingerprint density at radius 3 is 2.36 bits per heavy atom. The topological polar surface area (TPSA) is 29.1 Å². The summed E-state index contributed by atoms with van der Waals surface area (Å²) in [5.74, 6) is -0.232. The van der Waals surface area contributed by atoms with E-state index in [0.29, 0.717) is 17.0 Å². The molecule has 28 heavy (non-hydrogen) atoms. The Morgan fingerprint density at radius 1 is 0.893 bits per heavy atom. The predicted molar refractivity (Wildman–Crippen MR) is 106 cm³/mol. The number of amides is 1. The van der Waals surface area contributed by atoms with E-state index in [9.17, 15) is 18.0 Å². The Kier molecular flexibility index (Phi) is 6.41. The van der Waals surface area contributed by atoms with Gasteiger partial charge in [0, 0.05) is 10.6 Å². The number of para-hydroxylation sites is 1. The first-order chi connectivity index (χ1) is 13.4. The second kappa shape index (κ2) is 8.97. The molecule has 3 aromatic carbocycles. The fourth-order valence-electron chi connectivity index (χ4n) is 2.71. The van der Waals surface area contributed by atoms with Crippen molar-refractivity contribution >= 4 is 23.4 Å². The van der Waals surface area contributed by atoms with Crippen LogP contribution in [0.4, 0.5) is 18.9 Å². The van der Waals surface area contributed by atoms with E-state index >= 15 is 0 Å². The van der Waals surface area contributed by atoms with Crippen LogP contribution >= 0.6 is 11.8 Å². The van der Waals surface area contributed by atoms with Gasteiger partial charge in [-0.05, 0) is 41.8 Å². The summed E-state index contributed by atoms with van der Waals surface area (Å²) in [5.41, 5.74) is 2.10. The van der Waals surface area contributed by atoms with E-state index < -0.39 is 11.7 Å². The molecule has 2 nitrogen and oxygen atoms in total. The molecule has 0 bridgehead atoms. The molecule has 1 N–H and O–H groups in total. The van der Waals surface area contributed by atoms with Gasteiger partial charge in [-0.1, -0.05) is 54.6 Å². The van der Waals surface area contributed by atoms with Gasteiger partial charge in [0.2, 0.25) is 5.91 Å². The summed E-state index contributed by atoms with van der Waals surface area (Å²) in [5, 5.41) is 2.86. The van der Waals surface area contributed by atoms with Crippen LogP contribution in [0.3, 0.4) is 0 Å². The molecule has 0 aliphatic heterocycles. The maximum Gasteiger partial charge on any atom is 0.416 e. The largest absolute Gasteiger partial charge is 0.416 e. The molecule has 0 aromatic heterocycles. The molecule has 0 radical (unpaired) electrons. The number of alkyl halides is 3. The van der Waals surface area contributed by atoms with Gasteiger partial charge < -0.3 is 5.32 Å². The third-order valence-corrected chi connectivity index (χ3v) is 5.05. The van der Waals surface area contributed by atoms with Crippen molar-refractivity contribution in [2.45, 2.75) is 17.5 Å². The summed E-state index contributed by atoms with van der Waals surface area (Å²) >= 11 is 1.08. The van der Waals surface area contributed by atoms with Crippen LogP contribution in [0.1, 0.15) is 16.7 Å². The lowest BCUT2D eigenvalue weighted by Gasteiger charge is -2.12. The van der Waals surface area contributed by atoms with E-state index in [1.807, 2.05) is 54.6 Å². The third-order valence-electron chi connectivity index (χ3n) is 4.06. The number of rotatable bonds is 6. The zero-order valence-electron chi connectivity index (χ0n) is 14.9. The van der Waals surface area contributed by atoms with Crippen LogP contribution in [-0.4, -0.2) is 11.7 Å². The normalized spacial score (nSPS) is 11.2. The second-order valence-electron chi connectivity index (χ2n) is 6.18. The minimum Gasteiger partial charge on any atom is -0.325 e. The highest BCUT2D eigenvalue weighted by Gasteiger charge is 2.30. The molecule has 0 unspecified atom stereocenters. The number of carbonyl (C=O) groups is 1. The number of benzene rings is 3. The van der Waals surface area contributed by atoms with Gasteiger partial charge >= 0.3 is 6.18 Å². The monoisotopic (exact) mass is 401 g/mol. The standard InChI is InChI=1S/C22H18F3NOS/c23-22(24,25)18-10-6-11-19(14-18)28-15-21(27)26-20-12-5-4-9-17(20)13-16-7-2-1-3-8-16/h1-12,14H,13,15H2,(H,26,27). The van der Waals surface area contributed by atoms with Crippen molar-refractivity contribution in [2.24, 2.45) is 0 Å². The minimum atomic E-state index is -4.39. The Morgan fingerprint density at radius 2 is 1.61 bits per heavy atom. The van der Waals surface area contributed by atoms with E-state index in [2.05, 4.69) is 5.32 Å². The SMILES string of the molecule is O=C(CSc1cccc(C(F)(F)F)c1)Nc1ccccc1Cc1ccccc1. The molecule has 0 heterocycles. The summed E-state index contributed by atoms with van der Waals surface area (Å²) in [4.78, 5) is 12.7. The first-order valence-corrected chi connectivity index (χ1v) is 9.62. The van der Waals surface area contributed by atoms with Gasteiger partial charge in [-0.15, -0.1) is 11.8 Å². The highest BCUT2D eigenvalue weighted by atomic mass is 32.2. The second-order valence-corrected chi connectivity index (χ2v) is 7.23. The molecule has 0 aliphatic carbocycles. The summed E-state index contributed by atoms with van der Waals surface area (Å²) in [6.45, 7) is 0. The van der Waals surface area contributed by atoms with Gasteiger partial charge in [0.1, 0.15) is 0 Å². The zero-order valence-corrected chi connectivity index (χ0v) is 15.7. The lowest BCUT2D eigenvalue weighted by Crippen LogP contribution is -2.15. The van der Waals surface area contributed by atoms with Crippen LogP contribution in [0.25, 0.3) is 0 Å². The van der Waals surface area contributed by atoms with Crippen LogP contribution in [0.15, 0.2) is 83.8 Å². The highest BCUT2D eigenvalue weighted by molar-refractivity contribution is 8.00. The molecule has 0 atom stereocenters. The van der Waals surface area contributed by atoms with Crippen molar-refractivity contribution in [3.05, 3.63) is 95.6 Å². The van der Waals surface area contributed by atoms with Crippen LogP contribution in [-0.2, 0) is 17.4 Å². The van der Waals surface area contributed by atoms with E-state index in [-0.39, 0.29) is 11.7 Å². The molecule has 0 saturated carbocycles. The predicted octanol–water partition coefficient (Wildman–Crippen LogP) is 6.03. The third kappa shape index (κ3) is 5.63. The van der Waals surface area contributed by atoms with Gasteiger partial charge in [0.15, 0.2) is 0 Å². The molecule has 0 fully saturated rings. The van der Waals surface area contributed by atoms with Crippen molar-refractivity contribution in [3.63, 3.8) is 0 Å². The van der Waals surface area contributed by atoms with Crippen molar-refractivity contribution in [3.8, 4) is 0 Å². The van der Waals surface area contributed by atoms with Crippen LogP contribution < -0.4 is 5.32 Å². The molecule has 144 valence electrons. The Balaban J connectivity index is 1.63. The minimum absolute atomic E-state index is 0.0288. The maximum atomic E-state index is 12.8. The van der Waals surface area contributed by atoms with Crippen LogP contribution in [0.2, 0.25) is 0 Å². The van der Waals surface area contributed by atoms with Gasteiger partial charge in [-0.2, -0.15) is 13.2 Å². The number of hydrogen-bond donors (Lipinski definition) is 1. The lowest BCUT2D eigenvalue weighted by atomic mass is 10.0. The average molecular weight is 401 g/mol. The molecular formula is C22H18F3NOS. The van der Waals surface area contributed by atoms with Gasteiger partial charge in [0.05, 0.1) is 11.3 Å². The van der Waals surface area contributed by atoms with E-state index in [1.165, 1.54) is 6.07 Å². The average Bonchev–Trinajstić information content (AvgIpc) is 2.68. The number of nitrogens with one attached hydrogen (secondary N) is 1. The van der Waals surface area contributed by atoms with Gasteiger partial charge in [0.25, 0.3) is 0 Å². The van der Waals surface area contributed by atoms with Crippen molar-refractivity contribution in [2.75, 3.05) is 11.1 Å². The molecule has 0 aliphatic rings. The Labute approximate surface area is 165 Å². The van der Waals surface area contributed by atoms with Crippen molar-refractivity contribution in [1.82, 2.24) is 0 Å². The first-order valence-electron chi connectivity index (χ1n) is 8.63.